The molecule has 0 aromatic carbocycles. The first-order chi connectivity index (χ1) is 8.54. The van der Waals surface area contributed by atoms with Gasteiger partial charge in [0.2, 0.25) is 11.8 Å². The van der Waals surface area contributed by atoms with Gasteiger partial charge in [0.25, 0.3) is 0 Å². The number of rotatable bonds is 5. The van der Waals surface area contributed by atoms with Crippen molar-refractivity contribution in [3.63, 3.8) is 0 Å². The van der Waals surface area contributed by atoms with E-state index in [2.05, 4.69) is 11.0 Å². The van der Waals surface area contributed by atoms with E-state index in [0.29, 0.717) is 19.5 Å². The average molecular weight is 253 g/mol. The molecule has 0 aromatic rings. The Morgan fingerprint density at radius 3 is 2.39 bits per heavy atom. The molecule has 2 amide bonds. The fourth-order valence-corrected chi connectivity index (χ4v) is 1.94. The van der Waals surface area contributed by atoms with Crippen molar-refractivity contribution in [2.24, 2.45) is 11.5 Å². The Kier molecular flexibility index (Phi) is 5.55. The number of carbonyl (C=O) groups excluding carboxylic acids is 2. The van der Waals surface area contributed by atoms with Gasteiger partial charge in [0.05, 0.1) is 18.5 Å². The normalized spacial score (nSPS) is 18.1. The molecule has 0 saturated carbocycles. The van der Waals surface area contributed by atoms with Crippen molar-refractivity contribution >= 4 is 11.8 Å². The quantitative estimate of drug-likeness (QED) is 0.602. The van der Waals surface area contributed by atoms with E-state index in [1.54, 1.807) is 4.90 Å². The third-order valence-corrected chi connectivity index (χ3v) is 2.96. The van der Waals surface area contributed by atoms with Crippen molar-refractivity contribution in [2.75, 3.05) is 32.7 Å². The van der Waals surface area contributed by atoms with Gasteiger partial charge in [0.1, 0.15) is 0 Å². The van der Waals surface area contributed by atoms with E-state index in [1.165, 1.54) is 0 Å². The maximum Gasteiger partial charge on any atom is 0.240 e. The van der Waals surface area contributed by atoms with Gasteiger partial charge in [-0.1, -0.05) is 0 Å². The first kappa shape index (κ1) is 14.4. The molecular formula is C11H19N5O2. The van der Waals surface area contributed by atoms with Crippen LogP contribution in [0.2, 0.25) is 0 Å². The first-order valence-electron chi connectivity index (χ1n) is 5.96. The van der Waals surface area contributed by atoms with Crippen molar-refractivity contribution in [3.8, 4) is 6.07 Å². The van der Waals surface area contributed by atoms with Gasteiger partial charge >= 0.3 is 0 Å². The van der Waals surface area contributed by atoms with Gasteiger partial charge in [-0.3, -0.25) is 14.5 Å². The molecule has 7 heteroatoms. The number of primary amides is 1. The van der Waals surface area contributed by atoms with Crippen molar-refractivity contribution in [1.29, 1.82) is 5.26 Å². The minimum atomic E-state index is -0.840. The van der Waals surface area contributed by atoms with Gasteiger partial charge in [-0.05, 0) is 0 Å². The highest BCUT2D eigenvalue weighted by atomic mass is 16.2. The summed E-state index contributed by atoms with van der Waals surface area (Å²) in [7, 11) is 0. The van der Waals surface area contributed by atoms with Gasteiger partial charge in [0.15, 0.2) is 0 Å². The number of hydrogen-bond acceptors (Lipinski definition) is 5. The third kappa shape index (κ3) is 4.31. The Bertz CT molecular complexity index is 344. The van der Waals surface area contributed by atoms with Crippen LogP contribution in [0.5, 0.6) is 0 Å². The van der Waals surface area contributed by atoms with Crippen LogP contribution in [0.4, 0.5) is 0 Å². The average Bonchev–Trinajstić information content (AvgIpc) is 2.35. The Labute approximate surface area is 106 Å². The van der Waals surface area contributed by atoms with Gasteiger partial charge < -0.3 is 16.4 Å². The lowest BCUT2D eigenvalue weighted by Crippen LogP contribution is -2.53. The van der Waals surface area contributed by atoms with E-state index in [4.69, 9.17) is 16.7 Å². The lowest BCUT2D eigenvalue weighted by atomic mass is 10.1. The number of nitrogens with two attached hydrogens (primary N) is 2. The molecule has 7 nitrogen and oxygen atoms in total. The zero-order chi connectivity index (χ0) is 13.5. The predicted octanol–water partition coefficient (Wildman–Crippen LogP) is -1.75. The van der Waals surface area contributed by atoms with Crippen molar-refractivity contribution < 1.29 is 9.59 Å². The van der Waals surface area contributed by atoms with Crippen LogP contribution in [-0.4, -0.2) is 60.4 Å². The van der Waals surface area contributed by atoms with Crippen LogP contribution in [0.3, 0.4) is 0 Å². The molecule has 1 aliphatic rings. The number of hydrogen-bond donors (Lipinski definition) is 2. The molecule has 0 spiro atoms. The summed E-state index contributed by atoms with van der Waals surface area (Å²) in [6, 6.07) is 1.26. The van der Waals surface area contributed by atoms with E-state index in [9.17, 15) is 9.59 Å². The molecule has 1 saturated heterocycles. The van der Waals surface area contributed by atoms with Crippen LogP contribution < -0.4 is 11.5 Å². The monoisotopic (exact) mass is 253 g/mol. The van der Waals surface area contributed by atoms with E-state index in [0.717, 1.165) is 19.6 Å². The molecule has 1 atom stereocenters. The zero-order valence-corrected chi connectivity index (χ0v) is 10.3. The molecule has 0 radical (unpaired) electrons. The van der Waals surface area contributed by atoms with E-state index >= 15 is 0 Å². The molecule has 1 aliphatic heterocycles. The van der Waals surface area contributed by atoms with E-state index in [1.807, 2.05) is 0 Å². The summed E-state index contributed by atoms with van der Waals surface area (Å²) in [4.78, 5) is 26.4. The highest BCUT2D eigenvalue weighted by molar-refractivity contribution is 5.87. The SMILES string of the molecule is N#CCCN1CCN(C(=O)C(N)CC(N)=O)CC1. The number of nitrogens with zero attached hydrogens (tertiary/aromatic N) is 3. The van der Waals surface area contributed by atoms with Gasteiger partial charge in [-0.25, -0.2) is 0 Å². The van der Waals surface area contributed by atoms with Crippen LogP contribution in [0.15, 0.2) is 0 Å². The second-order valence-corrected chi connectivity index (χ2v) is 4.35. The molecule has 100 valence electrons. The van der Waals surface area contributed by atoms with Crippen molar-refractivity contribution in [2.45, 2.75) is 18.9 Å². The molecule has 0 aliphatic carbocycles. The molecular weight excluding hydrogens is 234 g/mol. The van der Waals surface area contributed by atoms with E-state index in [-0.39, 0.29) is 12.3 Å². The predicted molar refractivity (Wildman–Crippen MR) is 65.0 cm³/mol. The maximum atomic E-state index is 11.9. The second kappa shape index (κ2) is 6.93. The summed E-state index contributed by atoms with van der Waals surface area (Å²) in [5.41, 5.74) is 10.6. The molecule has 1 rings (SSSR count). The summed E-state index contributed by atoms with van der Waals surface area (Å²) >= 11 is 0. The molecule has 1 unspecified atom stereocenters. The number of carbonyl (C=O) groups is 2. The lowest BCUT2D eigenvalue weighted by Gasteiger charge is -2.35. The summed E-state index contributed by atoms with van der Waals surface area (Å²) < 4.78 is 0. The molecule has 1 fully saturated rings. The fraction of sp³-hybridized carbons (Fsp3) is 0.727. The van der Waals surface area contributed by atoms with Crippen LogP contribution in [-0.2, 0) is 9.59 Å². The summed E-state index contributed by atoms with van der Waals surface area (Å²) in [6.07, 6.45) is 0.378. The van der Waals surface area contributed by atoms with Gasteiger partial charge in [0, 0.05) is 39.1 Å². The second-order valence-electron chi connectivity index (χ2n) is 4.35. The first-order valence-corrected chi connectivity index (χ1v) is 5.96. The van der Waals surface area contributed by atoms with Crippen molar-refractivity contribution in [3.05, 3.63) is 0 Å². The Morgan fingerprint density at radius 2 is 1.89 bits per heavy atom. The summed E-state index contributed by atoms with van der Waals surface area (Å²) in [6.45, 7) is 3.35. The topological polar surface area (TPSA) is 116 Å². The molecule has 4 N–H and O–H groups in total. The van der Waals surface area contributed by atoms with Crippen LogP contribution in [0.1, 0.15) is 12.8 Å². The Morgan fingerprint density at radius 1 is 1.28 bits per heavy atom. The zero-order valence-electron chi connectivity index (χ0n) is 10.3. The Balaban J connectivity index is 2.36. The maximum absolute atomic E-state index is 11.9. The lowest BCUT2D eigenvalue weighted by molar-refractivity contribution is -0.136. The number of piperazine rings is 1. The Hall–Kier alpha value is -1.65. The van der Waals surface area contributed by atoms with Gasteiger partial charge in [-0.2, -0.15) is 5.26 Å². The molecule has 0 bridgehead atoms. The van der Waals surface area contributed by atoms with Crippen LogP contribution in [0.25, 0.3) is 0 Å². The smallest absolute Gasteiger partial charge is 0.240 e. The molecule has 0 aromatic heterocycles. The summed E-state index contributed by atoms with van der Waals surface area (Å²) in [5, 5.41) is 8.49. The largest absolute Gasteiger partial charge is 0.370 e. The highest BCUT2D eigenvalue weighted by Crippen LogP contribution is 2.05. The fourth-order valence-electron chi connectivity index (χ4n) is 1.94. The number of amides is 2. The molecule has 18 heavy (non-hydrogen) atoms. The third-order valence-electron chi connectivity index (χ3n) is 2.96. The standard InChI is InChI=1S/C11H19N5O2/c12-2-1-3-15-4-6-16(7-5-15)11(18)9(13)8-10(14)17/h9H,1,3-8,13H2,(H2,14,17). The molecule has 1 heterocycles. The van der Waals surface area contributed by atoms with Gasteiger partial charge in [-0.15, -0.1) is 0 Å². The minimum Gasteiger partial charge on any atom is -0.370 e. The van der Waals surface area contributed by atoms with Crippen LogP contribution >= 0.6 is 0 Å². The highest BCUT2D eigenvalue weighted by Gasteiger charge is 2.25. The van der Waals surface area contributed by atoms with E-state index < -0.39 is 11.9 Å². The number of nitriles is 1. The minimum absolute atomic E-state index is 0.118. The van der Waals surface area contributed by atoms with Crippen molar-refractivity contribution in [1.82, 2.24) is 9.80 Å². The van der Waals surface area contributed by atoms with Crippen LogP contribution in [0, 0.1) is 11.3 Å². The summed E-state index contributed by atoms with van der Waals surface area (Å²) in [5.74, 6) is -0.794.